The van der Waals surface area contributed by atoms with Crippen molar-refractivity contribution in [1.29, 1.82) is 0 Å². The van der Waals surface area contributed by atoms with Crippen molar-refractivity contribution in [2.45, 2.75) is 82.4 Å². The molecule has 0 unspecified atom stereocenters. The van der Waals surface area contributed by atoms with E-state index in [1.165, 1.54) is 37.5 Å². The second-order valence-corrected chi connectivity index (χ2v) is 23.9. The second-order valence-electron chi connectivity index (χ2n) is 13.9. The number of carbonyl (C=O) groups is 1. The van der Waals surface area contributed by atoms with Crippen LogP contribution >= 0.6 is 23.4 Å². The Hall–Kier alpha value is -2.39. The van der Waals surface area contributed by atoms with Crippen molar-refractivity contribution in [1.82, 2.24) is 14.9 Å². The minimum atomic E-state index is -3.86. The first-order valence-electron chi connectivity index (χ1n) is 14.7. The van der Waals surface area contributed by atoms with Crippen LogP contribution in [0.5, 0.6) is 0 Å². The highest BCUT2D eigenvalue weighted by Gasteiger charge is 2.56. The van der Waals surface area contributed by atoms with Crippen LogP contribution in [0.3, 0.4) is 0 Å². The number of halogens is 3. The van der Waals surface area contributed by atoms with Gasteiger partial charge in [0, 0.05) is 32.4 Å². The lowest BCUT2D eigenvalue weighted by Gasteiger charge is -2.48. The largest absolute Gasteiger partial charge is 0.443 e. The molecule has 3 atom stereocenters. The van der Waals surface area contributed by atoms with E-state index in [4.69, 9.17) is 26.1 Å². The maximum atomic E-state index is 15.8. The van der Waals surface area contributed by atoms with E-state index in [0.717, 1.165) is 35.0 Å². The normalized spacial score (nSPS) is 22.8. The fourth-order valence-electron chi connectivity index (χ4n) is 4.62. The van der Waals surface area contributed by atoms with E-state index in [-0.39, 0.29) is 33.9 Å². The molecule has 1 aliphatic rings. The van der Waals surface area contributed by atoms with Gasteiger partial charge in [0.2, 0.25) is 0 Å². The monoisotopic (exact) mass is 716 g/mol. The molecule has 0 saturated carbocycles. The van der Waals surface area contributed by atoms with Gasteiger partial charge in [-0.2, -0.15) is 0 Å². The highest BCUT2D eigenvalue weighted by atomic mass is 35.5. The third kappa shape index (κ3) is 9.15. The Balaban J connectivity index is 2.19. The van der Waals surface area contributed by atoms with E-state index in [9.17, 15) is 13.2 Å². The van der Waals surface area contributed by atoms with Gasteiger partial charge in [-0.15, -0.1) is 0 Å². The first-order valence-corrected chi connectivity index (χ1v) is 21.5. The zero-order chi connectivity index (χ0) is 34.9. The van der Waals surface area contributed by atoms with Gasteiger partial charge >= 0.3 is 6.09 Å². The quantitative estimate of drug-likeness (QED) is 0.146. The van der Waals surface area contributed by atoms with E-state index in [0.29, 0.717) is 6.61 Å². The predicted molar refractivity (Wildman–Crippen MR) is 184 cm³/mol. The highest BCUT2D eigenvalue weighted by molar-refractivity contribution is 8.23. The molecule has 254 valence electrons. The number of hydrogen-bond acceptors (Lipinski definition) is 9. The standard InChI is InChI=1S/C31H43ClF2N4O5S2Si/c1-20-30(5,22-15-21(11-12-23(22)33)16-24(34)25-17-36-26(32)18-35-25)37-27(44-31(20,6)45(7,40)41)38(28(39)43-29(2,3)4)19-42-13-14-46(8,9)10/h11-12,15-18,20H,13-14,19H2,1-10H3/b24-16-/t20-,30-,31+/m0/s1. The van der Waals surface area contributed by atoms with Crippen LogP contribution in [0.15, 0.2) is 35.6 Å². The van der Waals surface area contributed by atoms with Gasteiger partial charge in [-0.3, -0.25) is 4.99 Å². The van der Waals surface area contributed by atoms with Crippen molar-refractivity contribution in [2.75, 3.05) is 19.6 Å². The lowest BCUT2D eigenvalue weighted by atomic mass is 9.78. The number of amidine groups is 1. The summed E-state index contributed by atoms with van der Waals surface area (Å²) in [6, 6.07) is 4.79. The van der Waals surface area contributed by atoms with Crippen LogP contribution < -0.4 is 0 Å². The summed E-state index contributed by atoms with van der Waals surface area (Å²) in [4.78, 5) is 27.4. The van der Waals surface area contributed by atoms with Crippen LogP contribution in [0.4, 0.5) is 13.6 Å². The molecule has 0 aliphatic carbocycles. The molecule has 9 nitrogen and oxygen atoms in total. The summed E-state index contributed by atoms with van der Waals surface area (Å²) in [6.45, 7) is 16.6. The fraction of sp³-hybridized carbons (Fsp3) is 0.548. The number of thioether (sulfide) groups is 1. The molecule has 2 aromatic rings. The maximum absolute atomic E-state index is 15.8. The average Bonchev–Trinajstić information content (AvgIpc) is 2.90. The third-order valence-electron chi connectivity index (χ3n) is 7.74. The van der Waals surface area contributed by atoms with Gasteiger partial charge in [-0.1, -0.05) is 56.0 Å². The van der Waals surface area contributed by atoms with Gasteiger partial charge in [0.15, 0.2) is 20.8 Å². The molecule has 1 aromatic carbocycles. The molecule has 0 N–H and O–H groups in total. The molecular weight excluding hydrogens is 674 g/mol. The lowest BCUT2D eigenvalue weighted by molar-refractivity contribution is 0.0108. The summed E-state index contributed by atoms with van der Waals surface area (Å²) in [5.74, 6) is -2.24. The number of rotatable bonds is 9. The number of ether oxygens (including phenoxy) is 2. The lowest BCUT2D eigenvalue weighted by Crippen LogP contribution is -2.54. The second kappa shape index (κ2) is 14.0. The molecule has 2 heterocycles. The summed E-state index contributed by atoms with van der Waals surface area (Å²) >= 11 is 6.66. The van der Waals surface area contributed by atoms with Crippen molar-refractivity contribution in [3.05, 3.63) is 58.4 Å². The van der Waals surface area contributed by atoms with E-state index in [1.807, 2.05) is 0 Å². The van der Waals surface area contributed by atoms with Crippen LogP contribution in [-0.4, -0.2) is 71.9 Å². The SMILES string of the molecule is C[C@@H]1[C@@](C)(S(C)(=O)=O)SC(N(COCC[Si](C)(C)C)C(=O)OC(C)(C)C)=N[C@]1(C)c1cc(/C=C(\F)c2cnc(Cl)cn2)ccc1F. The molecule has 15 heteroatoms. The Morgan fingerprint density at radius 2 is 1.85 bits per heavy atom. The minimum absolute atomic E-state index is 0.00116. The summed E-state index contributed by atoms with van der Waals surface area (Å²) in [7, 11) is -5.33. The Morgan fingerprint density at radius 1 is 1.20 bits per heavy atom. The smallest absolute Gasteiger partial charge is 0.418 e. The zero-order valence-electron chi connectivity index (χ0n) is 27.9. The summed E-state index contributed by atoms with van der Waals surface area (Å²) < 4.78 is 67.8. The van der Waals surface area contributed by atoms with Gasteiger partial charge in [0.1, 0.15) is 33.1 Å². The van der Waals surface area contributed by atoms with Gasteiger partial charge in [0.05, 0.1) is 17.9 Å². The molecule has 0 saturated heterocycles. The molecule has 0 spiro atoms. The zero-order valence-corrected chi connectivity index (χ0v) is 31.3. The highest BCUT2D eigenvalue weighted by Crippen LogP contribution is 2.53. The van der Waals surface area contributed by atoms with E-state index in [1.54, 1.807) is 34.6 Å². The van der Waals surface area contributed by atoms with Crippen molar-refractivity contribution >= 4 is 64.4 Å². The molecule has 3 rings (SSSR count). The van der Waals surface area contributed by atoms with Crippen molar-refractivity contribution in [2.24, 2.45) is 10.9 Å². The Bertz CT molecular complexity index is 1610. The summed E-state index contributed by atoms with van der Waals surface area (Å²) in [5.41, 5.74) is -2.21. The molecule has 46 heavy (non-hydrogen) atoms. The van der Waals surface area contributed by atoms with Gasteiger partial charge in [-0.25, -0.2) is 36.9 Å². The fourth-order valence-corrected chi connectivity index (χ4v) is 8.41. The molecule has 0 fully saturated rings. The molecule has 0 bridgehead atoms. The topological polar surface area (TPSA) is 111 Å². The molecular formula is C31H43ClF2N4O5S2Si. The first-order chi connectivity index (χ1) is 21.0. The van der Waals surface area contributed by atoms with Crippen LogP contribution in [0.1, 0.15) is 58.4 Å². The minimum Gasteiger partial charge on any atom is -0.443 e. The van der Waals surface area contributed by atoms with Crippen LogP contribution in [0.2, 0.25) is 30.8 Å². The third-order valence-corrected chi connectivity index (χ3v) is 13.9. The number of amides is 1. The molecule has 1 aliphatic heterocycles. The maximum Gasteiger partial charge on any atom is 0.418 e. The van der Waals surface area contributed by atoms with Crippen molar-refractivity contribution < 1.29 is 31.5 Å². The Kier molecular flexibility index (Phi) is 11.6. The number of carbonyl (C=O) groups excluding carboxylic acids is 1. The van der Waals surface area contributed by atoms with E-state index >= 15 is 8.78 Å². The van der Waals surface area contributed by atoms with Gasteiger partial charge < -0.3 is 9.47 Å². The van der Waals surface area contributed by atoms with Crippen LogP contribution in [0, 0.1) is 11.7 Å². The average molecular weight is 717 g/mol. The number of benzene rings is 1. The van der Waals surface area contributed by atoms with Crippen molar-refractivity contribution in [3.8, 4) is 0 Å². The number of aliphatic imine (C=N–C) groups is 1. The van der Waals surface area contributed by atoms with Gasteiger partial charge in [-0.05, 0) is 64.4 Å². The van der Waals surface area contributed by atoms with E-state index < -0.39 is 56.8 Å². The molecule has 0 radical (unpaired) electrons. The molecule has 1 amide bonds. The van der Waals surface area contributed by atoms with E-state index in [2.05, 4.69) is 29.6 Å². The predicted octanol–water partition coefficient (Wildman–Crippen LogP) is 8.00. The van der Waals surface area contributed by atoms with Gasteiger partial charge in [0.25, 0.3) is 0 Å². The summed E-state index contributed by atoms with van der Waals surface area (Å²) in [5, 5.41) is 0.0981. The number of sulfone groups is 1. The molecule has 1 aromatic heterocycles. The summed E-state index contributed by atoms with van der Waals surface area (Å²) in [6.07, 6.45) is 3.84. The van der Waals surface area contributed by atoms with Crippen LogP contribution in [-0.2, 0) is 24.8 Å². The van der Waals surface area contributed by atoms with Crippen LogP contribution in [0.25, 0.3) is 11.9 Å². The number of aromatic nitrogens is 2. The van der Waals surface area contributed by atoms with Crippen molar-refractivity contribution in [3.63, 3.8) is 0 Å². The Morgan fingerprint density at radius 3 is 2.39 bits per heavy atom. The Labute approximate surface area is 281 Å². The number of hydrogen-bond donors (Lipinski definition) is 0. The number of nitrogens with zero attached hydrogens (tertiary/aromatic N) is 4. The first kappa shape index (κ1) is 38.1.